The molecule has 3 atom stereocenters. The summed E-state index contributed by atoms with van der Waals surface area (Å²) in [7, 11) is 0. The van der Waals surface area contributed by atoms with Gasteiger partial charge in [0.05, 0.1) is 18.2 Å². The zero-order valence-electron chi connectivity index (χ0n) is 16.0. The summed E-state index contributed by atoms with van der Waals surface area (Å²) < 4.78 is 28.4. The van der Waals surface area contributed by atoms with Gasteiger partial charge in [0.15, 0.2) is 11.4 Å². The Morgan fingerprint density at radius 1 is 1.27 bits per heavy atom. The number of rotatable bonds is 3. The van der Waals surface area contributed by atoms with Crippen LogP contribution in [0.5, 0.6) is 5.75 Å². The maximum absolute atomic E-state index is 13.8. The van der Waals surface area contributed by atoms with Crippen LogP contribution in [0.15, 0.2) is 34.2 Å². The third-order valence-corrected chi connectivity index (χ3v) is 6.53. The van der Waals surface area contributed by atoms with Crippen molar-refractivity contribution in [2.24, 2.45) is 16.6 Å². The van der Waals surface area contributed by atoms with Crippen LogP contribution in [0, 0.1) is 17.6 Å². The summed E-state index contributed by atoms with van der Waals surface area (Å²) in [6.45, 7) is 0.280. The molecule has 0 radical (unpaired) electrons. The van der Waals surface area contributed by atoms with Crippen LogP contribution < -0.4 is 11.2 Å². The van der Waals surface area contributed by atoms with Gasteiger partial charge < -0.3 is 20.3 Å². The van der Waals surface area contributed by atoms with Gasteiger partial charge in [0.2, 0.25) is 5.43 Å². The minimum Gasteiger partial charge on any atom is -0.503 e. The van der Waals surface area contributed by atoms with E-state index in [9.17, 15) is 23.5 Å². The lowest BCUT2D eigenvalue weighted by molar-refractivity contribution is 0.0483. The molecule has 1 amide bonds. The Morgan fingerprint density at radius 2 is 2.07 bits per heavy atom. The van der Waals surface area contributed by atoms with Crippen molar-refractivity contribution in [1.29, 1.82) is 0 Å². The van der Waals surface area contributed by atoms with Crippen molar-refractivity contribution in [3.63, 3.8) is 0 Å². The van der Waals surface area contributed by atoms with Gasteiger partial charge in [-0.1, -0.05) is 6.07 Å². The summed E-state index contributed by atoms with van der Waals surface area (Å²) in [4.78, 5) is 31.5. The zero-order valence-corrected chi connectivity index (χ0v) is 16.0. The van der Waals surface area contributed by atoms with E-state index in [2.05, 4.69) is 4.99 Å². The predicted octanol–water partition coefficient (Wildman–Crippen LogP) is 1.74. The number of benzene rings is 1. The Labute approximate surface area is 170 Å². The van der Waals surface area contributed by atoms with Gasteiger partial charge in [-0.15, -0.1) is 0 Å². The van der Waals surface area contributed by atoms with Gasteiger partial charge in [0.25, 0.3) is 5.91 Å². The second-order valence-electron chi connectivity index (χ2n) is 8.17. The SMILES string of the molecule is NC(=NCc1ccc(F)cc1F)c1cn2c(c(O)c1=O)C(=O)N1[C@H]3CC[C@H](C3)[C@@H]1C2. The van der Waals surface area contributed by atoms with Crippen molar-refractivity contribution in [3.05, 3.63) is 63.1 Å². The normalized spacial score (nSPS) is 24.9. The highest BCUT2D eigenvalue weighted by atomic mass is 19.1. The first kappa shape index (κ1) is 18.8. The molecule has 3 heterocycles. The highest BCUT2D eigenvalue weighted by Gasteiger charge is 2.51. The molecule has 1 aliphatic carbocycles. The first-order chi connectivity index (χ1) is 14.3. The average Bonchev–Trinajstić information content (AvgIpc) is 3.32. The third-order valence-electron chi connectivity index (χ3n) is 6.53. The van der Waals surface area contributed by atoms with Crippen molar-refractivity contribution >= 4 is 11.7 Å². The molecule has 0 unspecified atom stereocenters. The fraction of sp³-hybridized carbons (Fsp3) is 0.381. The van der Waals surface area contributed by atoms with Crippen molar-refractivity contribution in [1.82, 2.24) is 9.47 Å². The topological polar surface area (TPSA) is 101 Å². The number of hydrogen-bond donors (Lipinski definition) is 2. The largest absolute Gasteiger partial charge is 0.503 e. The Kier molecular flexibility index (Phi) is 4.16. The number of aliphatic imine (C=N–C) groups is 1. The number of pyridine rings is 1. The summed E-state index contributed by atoms with van der Waals surface area (Å²) in [6, 6.07) is 3.32. The number of piperidine rings is 1. The van der Waals surface area contributed by atoms with E-state index in [1.54, 1.807) is 4.57 Å². The number of carbonyl (C=O) groups is 1. The van der Waals surface area contributed by atoms with Crippen molar-refractivity contribution in [3.8, 4) is 5.75 Å². The minimum atomic E-state index is -0.793. The number of hydrogen-bond acceptors (Lipinski definition) is 4. The number of aromatic nitrogens is 1. The Morgan fingerprint density at radius 3 is 2.83 bits per heavy atom. The lowest BCUT2D eigenvalue weighted by atomic mass is 9.95. The summed E-state index contributed by atoms with van der Waals surface area (Å²) in [6.07, 6.45) is 4.42. The molecular formula is C21H20F2N4O3. The van der Waals surface area contributed by atoms with Crippen LogP contribution in [0.25, 0.3) is 0 Å². The quantitative estimate of drug-likeness (QED) is 0.590. The molecule has 7 nitrogen and oxygen atoms in total. The lowest BCUT2D eigenvalue weighted by Gasteiger charge is -2.40. The van der Waals surface area contributed by atoms with Gasteiger partial charge in [0, 0.05) is 30.4 Å². The van der Waals surface area contributed by atoms with Gasteiger partial charge in [-0.05, 0) is 31.2 Å². The molecule has 1 saturated heterocycles. The second kappa shape index (κ2) is 6.65. The smallest absolute Gasteiger partial charge is 0.275 e. The van der Waals surface area contributed by atoms with E-state index >= 15 is 0 Å². The van der Waals surface area contributed by atoms with E-state index in [1.807, 2.05) is 4.90 Å². The minimum absolute atomic E-state index is 0.0232. The fourth-order valence-corrected chi connectivity index (χ4v) is 5.08. The van der Waals surface area contributed by atoms with E-state index in [1.165, 1.54) is 12.3 Å². The van der Waals surface area contributed by atoms with E-state index in [4.69, 9.17) is 5.73 Å². The van der Waals surface area contributed by atoms with Crippen LogP contribution in [-0.2, 0) is 13.1 Å². The molecule has 30 heavy (non-hydrogen) atoms. The number of nitrogens with zero attached hydrogens (tertiary/aromatic N) is 3. The zero-order chi connectivity index (χ0) is 21.2. The molecule has 2 fully saturated rings. The molecule has 2 aliphatic heterocycles. The number of amides is 1. The van der Waals surface area contributed by atoms with E-state index in [-0.39, 0.29) is 47.2 Å². The molecule has 9 heteroatoms. The average molecular weight is 414 g/mol. The van der Waals surface area contributed by atoms with Crippen LogP contribution in [0.2, 0.25) is 0 Å². The highest BCUT2D eigenvalue weighted by Crippen LogP contribution is 2.45. The van der Waals surface area contributed by atoms with E-state index < -0.39 is 22.8 Å². The van der Waals surface area contributed by atoms with Gasteiger partial charge in [-0.25, -0.2) is 8.78 Å². The van der Waals surface area contributed by atoms with Gasteiger partial charge in [0.1, 0.15) is 17.5 Å². The molecular weight excluding hydrogens is 394 g/mol. The molecule has 1 aromatic heterocycles. The van der Waals surface area contributed by atoms with E-state index in [0.717, 1.165) is 31.4 Å². The van der Waals surface area contributed by atoms with Crippen molar-refractivity contribution < 1.29 is 18.7 Å². The maximum atomic E-state index is 13.8. The molecule has 0 spiro atoms. The second-order valence-corrected chi connectivity index (χ2v) is 8.17. The number of fused-ring (bicyclic) bond motifs is 6. The van der Waals surface area contributed by atoms with Crippen molar-refractivity contribution in [2.45, 2.75) is 44.4 Å². The molecule has 2 bridgehead atoms. The van der Waals surface area contributed by atoms with Crippen LogP contribution in [-0.4, -0.2) is 38.4 Å². The first-order valence-corrected chi connectivity index (χ1v) is 9.88. The van der Waals surface area contributed by atoms with Crippen LogP contribution >= 0.6 is 0 Å². The molecule has 5 rings (SSSR count). The molecule has 2 aromatic rings. The Balaban J connectivity index is 1.50. The summed E-state index contributed by atoms with van der Waals surface area (Å²) in [5.41, 5.74) is 5.21. The third kappa shape index (κ3) is 2.72. The van der Waals surface area contributed by atoms with Gasteiger partial charge in [-0.3, -0.25) is 14.6 Å². The molecule has 156 valence electrons. The van der Waals surface area contributed by atoms with Gasteiger partial charge in [-0.2, -0.15) is 0 Å². The predicted molar refractivity (Wildman–Crippen MR) is 104 cm³/mol. The van der Waals surface area contributed by atoms with Gasteiger partial charge >= 0.3 is 0 Å². The molecule has 3 N–H and O–H groups in total. The number of halogens is 2. The summed E-state index contributed by atoms with van der Waals surface area (Å²) in [5, 5.41) is 10.5. The monoisotopic (exact) mass is 414 g/mol. The highest BCUT2D eigenvalue weighted by molar-refractivity contribution is 6.00. The lowest BCUT2D eigenvalue weighted by Crippen LogP contribution is -2.52. The number of nitrogens with two attached hydrogens (primary N) is 1. The van der Waals surface area contributed by atoms with Crippen LogP contribution in [0.1, 0.15) is 40.9 Å². The summed E-state index contributed by atoms with van der Waals surface area (Å²) in [5.74, 6) is -2.21. The van der Waals surface area contributed by atoms with Crippen LogP contribution in [0.4, 0.5) is 8.78 Å². The van der Waals surface area contributed by atoms with Crippen molar-refractivity contribution in [2.75, 3.05) is 0 Å². The number of carbonyl (C=O) groups excluding carboxylic acids is 1. The number of aromatic hydroxyl groups is 1. The molecule has 3 aliphatic rings. The van der Waals surface area contributed by atoms with Crippen LogP contribution in [0.3, 0.4) is 0 Å². The first-order valence-electron chi connectivity index (χ1n) is 9.88. The number of amidine groups is 1. The molecule has 1 saturated carbocycles. The summed E-state index contributed by atoms with van der Waals surface area (Å²) >= 11 is 0. The maximum Gasteiger partial charge on any atom is 0.275 e. The van der Waals surface area contributed by atoms with E-state index in [0.29, 0.717) is 12.5 Å². The fourth-order valence-electron chi connectivity index (χ4n) is 5.08. The molecule has 1 aromatic carbocycles. The standard InChI is InChI=1S/C21H20F2N4O3/c22-12-3-1-11(15(23)6-12)7-25-20(24)14-8-26-9-16-10-2-4-13(5-10)27(16)21(30)17(26)19(29)18(14)28/h1,3,6,8,10,13,16,29H,2,4-5,7,9H2,(H2,24,25)/t10-,13+,16+/m1/s1. The Hall–Kier alpha value is -3.23. The Bertz CT molecular complexity index is 1160.